The van der Waals surface area contributed by atoms with E-state index in [4.69, 9.17) is 0 Å². The molecule has 0 aliphatic carbocycles. The van der Waals surface area contributed by atoms with Crippen LogP contribution in [0.15, 0.2) is 12.2 Å². The van der Waals surface area contributed by atoms with Gasteiger partial charge in [0.1, 0.15) is 12.6 Å². The van der Waals surface area contributed by atoms with Gasteiger partial charge in [0, 0.05) is 45.0 Å². The maximum absolute atomic E-state index is 11.1. The van der Waals surface area contributed by atoms with E-state index in [2.05, 4.69) is 4.84 Å². The van der Waals surface area contributed by atoms with Crippen LogP contribution in [0, 0.1) is 0 Å². The van der Waals surface area contributed by atoms with Crippen LogP contribution < -0.4 is 0 Å². The highest BCUT2D eigenvalue weighted by atomic mass is 16.7. The fourth-order valence-corrected chi connectivity index (χ4v) is 1.77. The maximum Gasteiger partial charge on any atom is 0.253 e. The second-order valence-corrected chi connectivity index (χ2v) is 4.96. The van der Waals surface area contributed by atoms with Crippen molar-refractivity contribution < 1.29 is 28.8 Å². The molecule has 1 rings (SSSR count). The minimum absolute atomic E-state index is 0.186. The van der Waals surface area contributed by atoms with Gasteiger partial charge in [-0.15, -0.1) is 0 Å². The van der Waals surface area contributed by atoms with Crippen LogP contribution in [0.1, 0.15) is 38.5 Å². The zero-order chi connectivity index (χ0) is 18.4. The Labute approximate surface area is 141 Å². The van der Waals surface area contributed by atoms with Crippen molar-refractivity contribution in [2.24, 2.45) is 0 Å². The van der Waals surface area contributed by atoms with Gasteiger partial charge < -0.3 is 9.59 Å². The van der Waals surface area contributed by atoms with Gasteiger partial charge >= 0.3 is 0 Å². The molecular weight excluding hydrogens is 316 g/mol. The number of carbonyl (C=O) groups excluding carboxylic acids is 5. The lowest BCUT2D eigenvalue weighted by atomic mass is 10.2. The van der Waals surface area contributed by atoms with Crippen LogP contribution in [0.25, 0.3) is 0 Å². The Balaban J connectivity index is 0.000000470. The fraction of sp³-hybridized carbons (Fsp3) is 0.562. The molecule has 0 spiro atoms. The number of imide groups is 1. The molecule has 134 valence electrons. The molecule has 0 atom stereocenters. The average molecular weight is 340 g/mol. The summed E-state index contributed by atoms with van der Waals surface area (Å²) in [5, 5.41) is 1.10. The normalized spacial score (nSPS) is 12.7. The van der Waals surface area contributed by atoms with Gasteiger partial charge in [-0.2, -0.15) is 0 Å². The van der Waals surface area contributed by atoms with Crippen LogP contribution in [0.5, 0.6) is 0 Å². The van der Waals surface area contributed by atoms with Gasteiger partial charge in [-0.3, -0.25) is 24.1 Å². The van der Waals surface area contributed by atoms with E-state index in [0.29, 0.717) is 19.3 Å². The number of hydrogen-bond donors (Lipinski definition) is 0. The van der Waals surface area contributed by atoms with Crippen molar-refractivity contribution >= 4 is 30.3 Å². The monoisotopic (exact) mass is 340 g/mol. The largest absolute Gasteiger partial charge is 0.303 e. The molecule has 0 saturated carbocycles. The van der Waals surface area contributed by atoms with Crippen molar-refractivity contribution in [3.05, 3.63) is 12.2 Å². The van der Waals surface area contributed by atoms with Gasteiger partial charge in [-0.25, -0.2) is 5.06 Å². The van der Waals surface area contributed by atoms with Gasteiger partial charge in [-0.1, -0.05) is 6.42 Å². The molecule has 0 aromatic rings. The summed E-state index contributed by atoms with van der Waals surface area (Å²) in [6.07, 6.45) is 7.66. The number of amides is 3. The van der Waals surface area contributed by atoms with Crippen molar-refractivity contribution in [2.75, 3.05) is 20.7 Å². The fourth-order valence-electron chi connectivity index (χ4n) is 1.77. The minimum Gasteiger partial charge on any atom is -0.303 e. The zero-order valence-electron chi connectivity index (χ0n) is 14.1. The molecule has 8 heteroatoms. The van der Waals surface area contributed by atoms with Crippen molar-refractivity contribution in [3.8, 4) is 0 Å². The molecule has 0 fully saturated rings. The Bertz CT molecular complexity index is 457. The topological polar surface area (TPSA) is 101 Å². The van der Waals surface area contributed by atoms with E-state index in [1.54, 1.807) is 0 Å². The smallest absolute Gasteiger partial charge is 0.253 e. The summed E-state index contributed by atoms with van der Waals surface area (Å²) < 4.78 is 0. The molecule has 1 heterocycles. The first-order valence-electron chi connectivity index (χ1n) is 7.69. The first kappa shape index (κ1) is 21.6. The highest BCUT2D eigenvalue weighted by Gasteiger charge is 2.21. The van der Waals surface area contributed by atoms with Crippen molar-refractivity contribution in [3.63, 3.8) is 0 Å². The number of nitrogens with zero attached hydrogens (tertiary/aromatic N) is 2. The summed E-state index contributed by atoms with van der Waals surface area (Å²) in [6.45, 7) is 0.462. The van der Waals surface area contributed by atoms with E-state index < -0.39 is 0 Å². The Hall–Kier alpha value is -2.35. The standard InChI is InChI=1S/C10H13NO3.C6H11NO3/c12-8-4-2-1-3-7-11-9(13)5-6-10(11)14;1-7(10-2)6(9)4-3-5-8/h5-6,8H,1-4,7H2;5H,3-4H2,1-2H3. The Morgan fingerprint density at radius 3 is 2.17 bits per heavy atom. The molecule has 24 heavy (non-hydrogen) atoms. The average Bonchev–Trinajstić information content (AvgIpc) is 2.91. The molecule has 0 unspecified atom stereocenters. The Morgan fingerprint density at radius 2 is 1.67 bits per heavy atom. The van der Waals surface area contributed by atoms with Gasteiger partial charge in [0.2, 0.25) is 5.91 Å². The van der Waals surface area contributed by atoms with Crippen molar-refractivity contribution in [2.45, 2.75) is 38.5 Å². The van der Waals surface area contributed by atoms with Gasteiger partial charge in [0.15, 0.2) is 0 Å². The third-order valence-corrected chi connectivity index (χ3v) is 3.21. The SMILES string of the molecule is CON(C)C(=O)CCC=O.O=CCCCCCN1C(=O)C=CC1=O. The molecule has 0 N–H and O–H groups in total. The Morgan fingerprint density at radius 1 is 1.08 bits per heavy atom. The van der Waals surface area contributed by atoms with Crippen LogP contribution in [0.2, 0.25) is 0 Å². The van der Waals surface area contributed by atoms with E-state index in [1.807, 2.05) is 0 Å². The molecule has 1 aliphatic heterocycles. The lowest BCUT2D eigenvalue weighted by Gasteiger charge is -2.12. The van der Waals surface area contributed by atoms with Crippen LogP contribution >= 0.6 is 0 Å². The molecule has 0 bridgehead atoms. The predicted molar refractivity (Wildman–Crippen MR) is 85.5 cm³/mol. The number of hydroxylamine groups is 2. The molecule has 3 amide bonds. The predicted octanol–water partition coefficient (Wildman–Crippen LogP) is 0.656. The number of carbonyl (C=O) groups is 5. The van der Waals surface area contributed by atoms with Crippen molar-refractivity contribution in [1.82, 2.24) is 9.96 Å². The van der Waals surface area contributed by atoms with Gasteiger partial charge in [0.05, 0.1) is 7.11 Å². The Kier molecular flexibility index (Phi) is 11.8. The maximum atomic E-state index is 11.1. The quantitative estimate of drug-likeness (QED) is 0.250. The molecular formula is C16H24N2O6. The number of unbranched alkanes of at least 4 members (excludes halogenated alkanes) is 3. The molecule has 0 aromatic heterocycles. The minimum atomic E-state index is -0.231. The van der Waals surface area contributed by atoms with Crippen LogP contribution in [0.4, 0.5) is 0 Å². The van der Waals surface area contributed by atoms with Crippen LogP contribution in [-0.2, 0) is 28.8 Å². The highest BCUT2D eigenvalue weighted by molar-refractivity contribution is 6.12. The van der Waals surface area contributed by atoms with E-state index in [9.17, 15) is 24.0 Å². The molecule has 8 nitrogen and oxygen atoms in total. The number of hydrogen-bond acceptors (Lipinski definition) is 6. The lowest BCUT2D eigenvalue weighted by molar-refractivity contribution is -0.168. The molecule has 1 aliphatic rings. The first-order valence-corrected chi connectivity index (χ1v) is 7.69. The van der Waals surface area contributed by atoms with E-state index in [0.717, 1.165) is 30.6 Å². The van der Waals surface area contributed by atoms with E-state index in [-0.39, 0.29) is 30.6 Å². The van der Waals surface area contributed by atoms with E-state index in [1.165, 1.54) is 31.2 Å². The second kappa shape index (κ2) is 13.1. The summed E-state index contributed by atoms with van der Waals surface area (Å²) in [7, 11) is 2.91. The summed E-state index contributed by atoms with van der Waals surface area (Å²) in [5.74, 6) is -0.648. The number of aldehydes is 2. The van der Waals surface area contributed by atoms with Crippen LogP contribution in [0.3, 0.4) is 0 Å². The molecule has 0 radical (unpaired) electrons. The zero-order valence-corrected chi connectivity index (χ0v) is 14.1. The summed E-state index contributed by atoms with van der Waals surface area (Å²) in [6, 6.07) is 0. The van der Waals surface area contributed by atoms with Gasteiger partial charge in [-0.05, 0) is 12.8 Å². The highest BCUT2D eigenvalue weighted by Crippen LogP contribution is 2.06. The summed E-state index contributed by atoms with van der Waals surface area (Å²) in [5.41, 5.74) is 0. The van der Waals surface area contributed by atoms with Crippen molar-refractivity contribution in [1.29, 1.82) is 0 Å². The second-order valence-electron chi connectivity index (χ2n) is 4.96. The molecule has 0 aromatic carbocycles. The summed E-state index contributed by atoms with van der Waals surface area (Å²) in [4.78, 5) is 58.5. The van der Waals surface area contributed by atoms with Crippen LogP contribution in [-0.4, -0.2) is 61.0 Å². The molecule has 0 saturated heterocycles. The first-order chi connectivity index (χ1) is 11.5. The lowest BCUT2D eigenvalue weighted by Crippen LogP contribution is -2.30. The number of rotatable bonds is 10. The third kappa shape index (κ3) is 8.94. The summed E-state index contributed by atoms with van der Waals surface area (Å²) >= 11 is 0. The van der Waals surface area contributed by atoms with E-state index >= 15 is 0 Å². The van der Waals surface area contributed by atoms with Gasteiger partial charge in [0.25, 0.3) is 11.8 Å². The third-order valence-electron chi connectivity index (χ3n) is 3.21.